The maximum Gasteiger partial charge on any atom is 0.328 e. The number of halogens is 2. The molecule has 0 amide bonds. The topological polar surface area (TPSA) is 72.2 Å². The molecule has 0 spiro atoms. The van der Waals surface area contributed by atoms with Crippen LogP contribution in [0, 0.1) is 11.7 Å². The molecule has 0 unspecified atom stereocenters. The number of nitrogens with zero attached hydrogens (tertiary/aromatic N) is 2. The molecule has 0 radical (unpaired) electrons. The second kappa shape index (κ2) is 10.9. The zero-order valence-electron chi connectivity index (χ0n) is 20.7. The average molecular weight is 517 g/mol. The zero-order valence-corrected chi connectivity index (χ0v) is 21.5. The summed E-state index contributed by atoms with van der Waals surface area (Å²) in [5, 5.41) is 14.4. The molecule has 7 heteroatoms. The van der Waals surface area contributed by atoms with Gasteiger partial charge in [-0.3, -0.25) is 4.79 Å². The monoisotopic (exact) mass is 516 g/mol. The van der Waals surface area contributed by atoms with Gasteiger partial charge in [0.1, 0.15) is 5.82 Å². The summed E-state index contributed by atoms with van der Waals surface area (Å²) in [6, 6.07) is 17.7. The molecule has 1 heterocycles. The van der Waals surface area contributed by atoms with Crippen LogP contribution in [-0.4, -0.2) is 26.8 Å². The number of carbonyl (C=O) groups excluding carboxylic acids is 1. The molecule has 1 aromatic heterocycles. The number of allylic oxidation sites excluding steroid dienone is 1. The van der Waals surface area contributed by atoms with Crippen molar-refractivity contribution in [3.63, 3.8) is 0 Å². The van der Waals surface area contributed by atoms with Gasteiger partial charge < -0.3 is 5.11 Å². The molecule has 0 fully saturated rings. The highest BCUT2D eigenvalue weighted by Gasteiger charge is 2.18. The Labute approximate surface area is 219 Å². The molecule has 0 aliphatic carbocycles. The lowest BCUT2D eigenvalue weighted by molar-refractivity contribution is -0.131. The van der Waals surface area contributed by atoms with Crippen molar-refractivity contribution in [2.45, 2.75) is 27.2 Å². The SMILES string of the molecule is CCC(=C(c1ccc(C=CC(=O)O)cc1)c1ccc2c(cnn2C(=O)C(C)C)c1)c1ccc(F)cc1Cl. The highest BCUT2D eigenvalue weighted by molar-refractivity contribution is 6.32. The van der Waals surface area contributed by atoms with E-state index < -0.39 is 11.8 Å². The van der Waals surface area contributed by atoms with Crippen LogP contribution in [0.15, 0.2) is 72.9 Å². The molecule has 188 valence electrons. The zero-order chi connectivity index (χ0) is 26.7. The van der Waals surface area contributed by atoms with E-state index in [1.165, 1.54) is 22.9 Å². The number of aliphatic carboxylic acids is 1. The minimum atomic E-state index is -1.02. The van der Waals surface area contributed by atoms with Crippen LogP contribution < -0.4 is 0 Å². The summed E-state index contributed by atoms with van der Waals surface area (Å²) >= 11 is 6.49. The van der Waals surface area contributed by atoms with Gasteiger partial charge in [0.2, 0.25) is 5.91 Å². The van der Waals surface area contributed by atoms with E-state index in [4.69, 9.17) is 16.7 Å². The molecule has 3 aromatic carbocycles. The standard InChI is InChI=1S/C30H26ClFN2O3/c1-4-24(25-12-11-23(32)16-26(25)31)29(20-8-5-19(6-9-20)7-14-28(35)36)21-10-13-27-22(15-21)17-33-34(27)30(37)18(2)3/h5-18H,4H2,1-3H3,(H,35,36). The Balaban J connectivity index is 1.93. The molecule has 0 bridgehead atoms. The van der Waals surface area contributed by atoms with E-state index in [1.54, 1.807) is 12.3 Å². The molecule has 0 atom stereocenters. The summed E-state index contributed by atoms with van der Waals surface area (Å²) < 4.78 is 15.3. The first-order chi connectivity index (χ1) is 17.7. The summed E-state index contributed by atoms with van der Waals surface area (Å²) in [5.74, 6) is -1.72. The lowest BCUT2D eigenvalue weighted by atomic mass is 9.87. The Morgan fingerprint density at radius 1 is 1.05 bits per heavy atom. The highest BCUT2D eigenvalue weighted by atomic mass is 35.5. The van der Waals surface area contributed by atoms with E-state index >= 15 is 0 Å². The van der Waals surface area contributed by atoms with Gasteiger partial charge in [-0.05, 0) is 70.2 Å². The van der Waals surface area contributed by atoms with Crippen molar-refractivity contribution in [3.05, 3.63) is 106 Å². The van der Waals surface area contributed by atoms with Crippen molar-refractivity contribution in [2.75, 3.05) is 0 Å². The van der Waals surface area contributed by atoms with Crippen molar-refractivity contribution in [2.24, 2.45) is 5.92 Å². The van der Waals surface area contributed by atoms with Crippen molar-refractivity contribution in [3.8, 4) is 0 Å². The molecular formula is C30H26ClFN2O3. The highest BCUT2D eigenvalue weighted by Crippen LogP contribution is 2.38. The molecule has 4 rings (SSSR count). The maximum absolute atomic E-state index is 13.8. The molecule has 5 nitrogen and oxygen atoms in total. The van der Waals surface area contributed by atoms with Crippen LogP contribution in [0.3, 0.4) is 0 Å². The Hall–Kier alpha value is -4.03. The number of rotatable bonds is 7. The predicted octanol–water partition coefficient (Wildman–Crippen LogP) is 7.59. The number of carboxylic acid groups (broad SMARTS) is 1. The third-order valence-electron chi connectivity index (χ3n) is 6.09. The number of fused-ring (bicyclic) bond motifs is 1. The molecule has 0 aliphatic rings. The first-order valence-corrected chi connectivity index (χ1v) is 12.3. The van der Waals surface area contributed by atoms with Gasteiger partial charge in [0.25, 0.3) is 0 Å². The lowest BCUT2D eigenvalue weighted by Gasteiger charge is -2.18. The van der Waals surface area contributed by atoms with Crippen LogP contribution in [0.4, 0.5) is 4.39 Å². The van der Waals surface area contributed by atoms with E-state index in [1.807, 2.05) is 63.2 Å². The van der Waals surface area contributed by atoms with E-state index in [9.17, 15) is 14.0 Å². The summed E-state index contributed by atoms with van der Waals surface area (Å²) in [4.78, 5) is 23.5. The third kappa shape index (κ3) is 5.54. The van der Waals surface area contributed by atoms with Gasteiger partial charge in [-0.25, -0.2) is 9.18 Å². The quantitative estimate of drug-likeness (QED) is 0.203. The molecule has 0 aliphatic heterocycles. The van der Waals surface area contributed by atoms with Gasteiger partial charge in [-0.2, -0.15) is 9.78 Å². The lowest BCUT2D eigenvalue weighted by Crippen LogP contribution is -2.17. The van der Waals surface area contributed by atoms with Gasteiger partial charge in [0, 0.05) is 17.4 Å². The van der Waals surface area contributed by atoms with Gasteiger partial charge in [-0.15, -0.1) is 0 Å². The van der Waals surface area contributed by atoms with Gasteiger partial charge in [-0.1, -0.05) is 68.8 Å². The Bertz CT molecular complexity index is 1550. The van der Waals surface area contributed by atoms with Gasteiger partial charge >= 0.3 is 5.97 Å². The van der Waals surface area contributed by atoms with Crippen molar-refractivity contribution in [1.29, 1.82) is 0 Å². The molecule has 1 N–H and O–H groups in total. The molecule has 37 heavy (non-hydrogen) atoms. The van der Waals surface area contributed by atoms with Crippen LogP contribution in [0.5, 0.6) is 0 Å². The number of benzene rings is 3. The smallest absolute Gasteiger partial charge is 0.328 e. The Kier molecular flexibility index (Phi) is 7.69. The minimum absolute atomic E-state index is 0.0872. The normalized spacial score (nSPS) is 12.4. The van der Waals surface area contributed by atoms with Crippen LogP contribution in [0.25, 0.3) is 28.1 Å². The van der Waals surface area contributed by atoms with E-state index in [-0.39, 0.29) is 11.8 Å². The second-order valence-corrected chi connectivity index (χ2v) is 9.35. The molecular weight excluding hydrogens is 491 g/mol. The number of aromatic nitrogens is 2. The fraction of sp³-hybridized carbons (Fsp3) is 0.167. The summed E-state index contributed by atoms with van der Waals surface area (Å²) in [5.41, 5.74) is 5.77. The van der Waals surface area contributed by atoms with Crippen LogP contribution in [0.2, 0.25) is 5.02 Å². The van der Waals surface area contributed by atoms with E-state index in [0.717, 1.165) is 44.9 Å². The average Bonchev–Trinajstić information content (AvgIpc) is 3.29. The van der Waals surface area contributed by atoms with Crippen LogP contribution >= 0.6 is 11.6 Å². The number of carbonyl (C=O) groups is 2. The minimum Gasteiger partial charge on any atom is -0.478 e. The number of hydrogen-bond acceptors (Lipinski definition) is 3. The van der Waals surface area contributed by atoms with Crippen molar-refractivity contribution in [1.82, 2.24) is 9.78 Å². The molecule has 0 saturated heterocycles. The second-order valence-electron chi connectivity index (χ2n) is 8.95. The van der Waals surface area contributed by atoms with E-state index in [2.05, 4.69) is 5.10 Å². The molecule has 4 aromatic rings. The summed E-state index contributed by atoms with van der Waals surface area (Å²) in [6.45, 7) is 5.68. The number of carboxylic acids is 1. The fourth-order valence-corrected chi connectivity index (χ4v) is 4.57. The Morgan fingerprint density at radius 2 is 1.76 bits per heavy atom. The Morgan fingerprint density at radius 3 is 2.38 bits per heavy atom. The maximum atomic E-state index is 13.8. The summed E-state index contributed by atoms with van der Waals surface area (Å²) in [6.07, 6.45) is 4.91. The first kappa shape index (κ1) is 26.0. The van der Waals surface area contributed by atoms with Crippen LogP contribution in [0.1, 0.15) is 54.2 Å². The first-order valence-electron chi connectivity index (χ1n) is 11.9. The summed E-state index contributed by atoms with van der Waals surface area (Å²) in [7, 11) is 0. The fourth-order valence-electron chi connectivity index (χ4n) is 4.29. The molecule has 0 saturated carbocycles. The predicted molar refractivity (Wildman–Crippen MR) is 146 cm³/mol. The largest absolute Gasteiger partial charge is 0.478 e. The van der Waals surface area contributed by atoms with Gasteiger partial charge in [0.05, 0.1) is 16.7 Å². The van der Waals surface area contributed by atoms with E-state index in [0.29, 0.717) is 17.0 Å². The van der Waals surface area contributed by atoms with Crippen molar-refractivity contribution >= 4 is 51.6 Å². The van der Waals surface area contributed by atoms with Crippen LogP contribution in [-0.2, 0) is 4.79 Å². The number of hydrogen-bond donors (Lipinski definition) is 1. The van der Waals surface area contributed by atoms with Gasteiger partial charge in [0.15, 0.2) is 0 Å². The van der Waals surface area contributed by atoms with Crippen molar-refractivity contribution < 1.29 is 19.1 Å². The third-order valence-corrected chi connectivity index (χ3v) is 6.40.